The summed E-state index contributed by atoms with van der Waals surface area (Å²) < 4.78 is 0. The predicted molar refractivity (Wildman–Crippen MR) is 133 cm³/mol. The molecule has 168 valence electrons. The highest BCUT2D eigenvalue weighted by atomic mass is 35.5. The molecular formula is C25H36ClN5. The first-order valence-corrected chi connectivity index (χ1v) is 12.2. The lowest BCUT2D eigenvalue weighted by atomic mass is 9.74. The van der Waals surface area contributed by atoms with Crippen molar-refractivity contribution in [3.05, 3.63) is 40.3 Å². The van der Waals surface area contributed by atoms with Gasteiger partial charge in [0.15, 0.2) is 0 Å². The Morgan fingerprint density at radius 2 is 1.94 bits per heavy atom. The van der Waals surface area contributed by atoms with Gasteiger partial charge in [-0.15, -0.1) is 0 Å². The largest absolute Gasteiger partial charge is 0.372 e. The van der Waals surface area contributed by atoms with E-state index in [9.17, 15) is 0 Å². The van der Waals surface area contributed by atoms with E-state index < -0.39 is 0 Å². The zero-order valence-electron chi connectivity index (χ0n) is 19.4. The highest BCUT2D eigenvalue weighted by molar-refractivity contribution is 6.33. The number of aryl methyl sites for hydroxylation is 1. The molecule has 0 bridgehead atoms. The van der Waals surface area contributed by atoms with E-state index in [4.69, 9.17) is 16.6 Å². The Balaban J connectivity index is 0.00000112. The van der Waals surface area contributed by atoms with Crippen LogP contribution in [0.25, 0.3) is 16.6 Å². The monoisotopic (exact) mass is 441 g/mol. The van der Waals surface area contributed by atoms with Gasteiger partial charge in [-0.05, 0) is 69.3 Å². The number of imidazole rings is 1. The fourth-order valence-electron chi connectivity index (χ4n) is 5.33. The van der Waals surface area contributed by atoms with Gasteiger partial charge in [-0.3, -0.25) is 0 Å². The van der Waals surface area contributed by atoms with Crippen molar-refractivity contribution in [2.45, 2.75) is 53.4 Å². The van der Waals surface area contributed by atoms with E-state index in [2.05, 4.69) is 52.6 Å². The Morgan fingerprint density at radius 1 is 1.13 bits per heavy atom. The zero-order chi connectivity index (χ0) is 22.0. The van der Waals surface area contributed by atoms with Gasteiger partial charge in [0.05, 0.1) is 16.6 Å². The average Bonchev–Trinajstić information content (AvgIpc) is 3.20. The number of halogens is 1. The number of rotatable bonds is 2. The second kappa shape index (κ2) is 9.25. The van der Waals surface area contributed by atoms with Crippen molar-refractivity contribution in [1.29, 1.82) is 0 Å². The molecule has 5 rings (SSSR count). The van der Waals surface area contributed by atoms with Crippen LogP contribution in [-0.4, -0.2) is 42.7 Å². The molecule has 0 aliphatic carbocycles. The number of aromatic nitrogens is 2. The molecule has 3 N–H and O–H groups in total. The number of dihydropyridines is 1. The molecule has 1 aromatic heterocycles. The number of benzene rings is 1. The molecule has 0 radical (unpaired) electrons. The Kier molecular flexibility index (Phi) is 6.63. The van der Waals surface area contributed by atoms with Crippen molar-refractivity contribution < 1.29 is 0 Å². The van der Waals surface area contributed by atoms with Crippen LogP contribution in [0.5, 0.6) is 0 Å². The maximum absolute atomic E-state index is 6.47. The summed E-state index contributed by atoms with van der Waals surface area (Å²) in [5, 5.41) is 7.52. The maximum atomic E-state index is 6.47. The number of hydrogen-bond donors (Lipinski definition) is 3. The lowest BCUT2D eigenvalue weighted by molar-refractivity contribution is 0.173. The standard InChI is InChI=1S/C23H30ClN5.C2H6/c1-15-5-9-26-21(24)19(15)22-27-18-12-17(11-16(2)20(18)28-22)29-10-4-7-23(14-29)6-3-8-25-13-23;1-2/h5,11-12,25-26H,3-4,6-10,13-14H2,1-2H3,(H,27,28);1-2H3. The Hall–Kier alpha value is -1.98. The lowest BCUT2D eigenvalue weighted by Crippen LogP contribution is -2.51. The lowest BCUT2D eigenvalue weighted by Gasteiger charge is -2.46. The molecule has 4 heterocycles. The number of aromatic amines is 1. The molecular weight excluding hydrogens is 406 g/mol. The minimum absolute atomic E-state index is 0.437. The van der Waals surface area contributed by atoms with Crippen molar-refractivity contribution in [3.8, 4) is 0 Å². The van der Waals surface area contributed by atoms with Crippen LogP contribution in [0.15, 0.2) is 28.9 Å². The van der Waals surface area contributed by atoms with Gasteiger partial charge in [0.1, 0.15) is 11.0 Å². The van der Waals surface area contributed by atoms with Crippen LogP contribution in [0, 0.1) is 12.3 Å². The molecule has 0 saturated carbocycles. The van der Waals surface area contributed by atoms with Crippen LogP contribution in [-0.2, 0) is 0 Å². The number of nitrogens with zero attached hydrogens (tertiary/aromatic N) is 2. The van der Waals surface area contributed by atoms with Crippen molar-refractivity contribution in [1.82, 2.24) is 20.6 Å². The molecule has 3 aliphatic rings. The molecule has 31 heavy (non-hydrogen) atoms. The fourth-order valence-corrected chi connectivity index (χ4v) is 5.64. The second-order valence-electron chi connectivity index (χ2n) is 9.01. The summed E-state index contributed by atoms with van der Waals surface area (Å²) in [7, 11) is 0. The van der Waals surface area contributed by atoms with Gasteiger partial charge in [-0.2, -0.15) is 0 Å². The van der Waals surface area contributed by atoms with Crippen molar-refractivity contribution in [2.24, 2.45) is 5.41 Å². The first-order chi connectivity index (χ1) is 15.0. The Bertz CT molecular complexity index is 991. The summed E-state index contributed by atoms with van der Waals surface area (Å²) in [6, 6.07) is 4.58. The van der Waals surface area contributed by atoms with Crippen molar-refractivity contribution in [3.63, 3.8) is 0 Å². The van der Waals surface area contributed by atoms with Crippen LogP contribution in [0.3, 0.4) is 0 Å². The predicted octanol–water partition coefficient (Wildman–Crippen LogP) is 5.32. The zero-order valence-corrected chi connectivity index (χ0v) is 20.1. The van der Waals surface area contributed by atoms with Gasteiger partial charge in [0, 0.05) is 37.3 Å². The van der Waals surface area contributed by atoms with Gasteiger partial charge in [-0.1, -0.05) is 31.5 Å². The number of fused-ring (bicyclic) bond motifs is 1. The number of H-pyrrole nitrogens is 1. The van der Waals surface area contributed by atoms with E-state index >= 15 is 0 Å². The van der Waals surface area contributed by atoms with Crippen LogP contribution in [0.4, 0.5) is 5.69 Å². The van der Waals surface area contributed by atoms with Gasteiger partial charge in [0.2, 0.25) is 0 Å². The summed E-state index contributed by atoms with van der Waals surface area (Å²) in [6.07, 6.45) is 7.41. The first-order valence-electron chi connectivity index (χ1n) is 11.8. The molecule has 2 fully saturated rings. The summed E-state index contributed by atoms with van der Waals surface area (Å²) in [5.74, 6) is 0.845. The highest BCUT2D eigenvalue weighted by Gasteiger charge is 2.36. The summed E-state index contributed by atoms with van der Waals surface area (Å²) in [6.45, 7) is 13.6. The number of allylic oxidation sites excluding steroid dienone is 2. The normalized spacial score (nSPS) is 24.0. The van der Waals surface area contributed by atoms with Crippen LogP contribution in [0.2, 0.25) is 0 Å². The number of piperidine rings is 2. The third-order valence-electron chi connectivity index (χ3n) is 6.87. The minimum atomic E-state index is 0.437. The first kappa shape index (κ1) is 22.2. The smallest absolute Gasteiger partial charge is 0.141 e. The Morgan fingerprint density at radius 3 is 2.68 bits per heavy atom. The van der Waals surface area contributed by atoms with Crippen molar-refractivity contribution in [2.75, 3.05) is 37.6 Å². The van der Waals surface area contributed by atoms with Gasteiger partial charge in [-0.25, -0.2) is 4.98 Å². The molecule has 2 saturated heterocycles. The molecule has 1 unspecified atom stereocenters. The van der Waals surface area contributed by atoms with Gasteiger partial charge in [0.25, 0.3) is 0 Å². The van der Waals surface area contributed by atoms with Crippen LogP contribution in [0.1, 0.15) is 57.8 Å². The molecule has 5 nitrogen and oxygen atoms in total. The van der Waals surface area contributed by atoms with Crippen molar-refractivity contribution >= 4 is 33.9 Å². The maximum Gasteiger partial charge on any atom is 0.141 e. The van der Waals surface area contributed by atoms with Gasteiger partial charge < -0.3 is 20.5 Å². The SMILES string of the molecule is CC.CC1=CCNC(Cl)=C1c1nc2c(C)cc(N3CCCC4(CCCNC4)C3)cc2[nH]1. The summed E-state index contributed by atoms with van der Waals surface area (Å²) >= 11 is 6.47. The van der Waals surface area contributed by atoms with Crippen LogP contribution < -0.4 is 15.5 Å². The topological polar surface area (TPSA) is 56.0 Å². The quantitative estimate of drug-likeness (QED) is 0.551. The number of hydrogen-bond acceptors (Lipinski definition) is 4. The van der Waals surface area contributed by atoms with E-state index in [1.54, 1.807) is 0 Å². The number of nitrogens with one attached hydrogen (secondary N) is 3. The molecule has 2 aromatic rings. The fraction of sp³-hybridized carbons (Fsp3) is 0.560. The third-order valence-corrected chi connectivity index (χ3v) is 7.19. The molecule has 3 aliphatic heterocycles. The van der Waals surface area contributed by atoms with E-state index in [0.29, 0.717) is 10.6 Å². The van der Waals surface area contributed by atoms with E-state index in [0.717, 1.165) is 54.2 Å². The molecule has 6 heteroatoms. The minimum Gasteiger partial charge on any atom is -0.372 e. The Labute approximate surface area is 191 Å². The molecule has 1 spiro atoms. The average molecular weight is 442 g/mol. The second-order valence-corrected chi connectivity index (χ2v) is 9.38. The van der Waals surface area contributed by atoms with E-state index in [-0.39, 0.29) is 0 Å². The van der Waals surface area contributed by atoms with Gasteiger partial charge >= 0.3 is 0 Å². The molecule has 1 aromatic carbocycles. The highest BCUT2D eigenvalue weighted by Crippen LogP contribution is 2.39. The third kappa shape index (κ3) is 4.35. The number of anilines is 1. The molecule has 0 amide bonds. The van der Waals surface area contributed by atoms with E-state index in [1.807, 2.05) is 13.8 Å². The molecule has 1 atom stereocenters. The van der Waals surface area contributed by atoms with Crippen LogP contribution >= 0.6 is 11.6 Å². The van der Waals surface area contributed by atoms with E-state index in [1.165, 1.54) is 43.5 Å². The summed E-state index contributed by atoms with van der Waals surface area (Å²) in [4.78, 5) is 11.0. The summed E-state index contributed by atoms with van der Waals surface area (Å²) in [5.41, 5.74) is 7.21.